The fourth-order valence-electron chi connectivity index (χ4n) is 2.11. The minimum atomic E-state index is -0.628. The quantitative estimate of drug-likeness (QED) is 0.641. The third-order valence-electron chi connectivity index (χ3n) is 3.53. The number of carbonyl (C=O) groups is 3. The first-order valence-corrected chi connectivity index (χ1v) is 8.31. The summed E-state index contributed by atoms with van der Waals surface area (Å²) in [4.78, 5) is 35.3. The summed E-state index contributed by atoms with van der Waals surface area (Å²) in [5, 5.41) is 10.7. The average molecular weight is 354 g/mol. The van der Waals surface area contributed by atoms with E-state index in [2.05, 4.69) is 21.3 Å². The van der Waals surface area contributed by atoms with Gasteiger partial charge in [0.15, 0.2) is 0 Å². The van der Waals surface area contributed by atoms with Crippen molar-refractivity contribution < 1.29 is 14.4 Å². The van der Waals surface area contributed by atoms with E-state index in [9.17, 15) is 14.4 Å². The minimum Gasteiger partial charge on any atom is -0.345 e. The van der Waals surface area contributed by atoms with Crippen LogP contribution in [0.5, 0.6) is 0 Å². The Balaban J connectivity index is 1.86. The fourth-order valence-corrected chi connectivity index (χ4v) is 2.11. The molecule has 0 aliphatic heterocycles. The number of carbonyl (C=O) groups excluding carboxylic acids is 3. The zero-order chi connectivity index (χ0) is 18.9. The van der Waals surface area contributed by atoms with Crippen molar-refractivity contribution in [3.63, 3.8) is 0 Å². The summed E-state index contributed by atoms with van der Waals surface area (Å²) in [5.74, 6) is -0.494. The van der Waals surface area contributed by atoms with Gasteiger partial charge in [0.2, 0.25) is 11.8 Å². The van der Waals surface area contributed by atoms with Crippen LogP contribution < -0.4 is 21.3 Å². The monoisotopic (exact) mass is 354 g/mol. The third kappa shape index (κ3) is 5.94. The number of benzene rings is 2. The number of urea groups is 1. The SMILES string of the molecule is CCC(=O)N[C@H](C)C(=O)Nc1ccc(NC(=O)Nc2ccccc2)cc1. The van der Waals surface area contributed by atoms with Crippen molar-refractivity contribution in [3.8, 4) is 0 Å². The van der Waals surface area contributed by atoms with Gasteiger partial charge in [-0.15, -0.1) is 0 Å². The predicted octanol–water partition coefficient (Wildman–Crippen LogP) is 3.18. The van der Waals surface area contributed by atoms with E-state index in [0.29, 0.717) is 23.5 Å². The van der Waals surface area contributed by atoms with Crippen LogP contribution in [0.2, 0.25) is 0 Å². The molecule has 0 aliphatic carbocycles. The molecule has 4 N–H and O–H groups in total. The maximum atomic E-state index is 12.0. The van der Waals surface area contributed by atoms with Crippen molar-refractivity contribution in [2.45, 2.75) is 26.3 Å². The van der Waals surface area contributed by atoms with Crippen molar-refractivity contribution >= 4 is 34.9 Å². The average Bonchev–Trinajstić information content (AvgIpc) is 2.63. The number of hydrogen-bond donors (Lipinski definition) is 4. The van der Waals surface area contributed by atoms with Crippen molar-refractivity contribution in [1.29, 1.82) is 0 Å². The van der Waals surface area contributed by atoms with Gasteiger partial charge in [-0.2, -0.15) is 0 Å². The zero-order valence-corrected chi connectivity index (χ0v) is 14.7. The van der Waals surface area contributed by atoms with Crippen LogP contribution in [0.25, 0.3) is 0 Å². The normalized spacial score (nSPS) is 11.2. The van der Waals surface area contributed by atoms with Crippen molar-refractivity contribution in [2.24, 2.45) is 0 Å². The molecule has 0 fully saturated rings. The Labute approximate surface area is 152 Å². The highest BCUT2D eigenvalue weighted by atomic mass is 16.2. The maximum absolute atomic E-state index is 12.0. The molecule has 2 aromatic carbocycles. The summed E-state index contributed by atoms with van der Waals surface area (Å²) in [6.07, 6.45) is 0.322. The minimum absolute atomic E-state index is 0.184. The largest absolute Gasteiger partial charge is 0.345 e. The number of hydrogen-bond acceptors (Lipinski definition) is 3. The Morgan fingerprint density at radius 3 is 1.85 bits per heavy atom. The molecule has 4 amide bonds. The molecule has 2 rings (SSSR count). The molecule has 26 heavy (non-hydrogen) atoms. The van der Waals surface area contributed by atoms with Gasteiger partial charge < -0.3 is 21.3 Å². The van der Waals surface area contributed by atoms with E-state index in [0.717, 1.165) is 0 Å². The van der Waals surface area contributed by atoms with Crippen molar-refractivity contribution in [1.82, 2.24) is 5.32 Å². The maximum Gasteiger partial charge on any atom is 0.323 e. The van der Waals surface area contributed by atoms with Gasteiger partial charge >= 0.3 is 6.03 Å². The van der Waals surface area contributed by atoms with E-state index in [1.165, 1.54) is 0 Å². The molecule has 0 aromatic heterocycles. The Bertz CT molecular complexity index is 760. The molecule has 1 atom stereocenters. The summed E-state index contributed by atoms with van der Waals surface area (Å²) < 4.78 is 0. The number of para-hydroxylation sites is 1. The first-order valence-electron chi connectivity index (χ1n) is 8.31. The van der Waals surface area contributed by atoms with Crippen LogP contribution in [0.3, 0.4) is 0 Å². The highest BCUT2D eigenvalue weighted by Gasteiger charge is 2.14. The lowest BCUT2D eigenvalue weighted by Crippen LogP contribution is -2.41. The molecular formula is C19H22N4O3. The smallest absolute Gasteiger partial charge is 0.323 e. The van der Waals surface area contributed by atoms with Crippen LogP contribution in [0.15, 0.2) is 54.6 Å². The van der Waals surface area contributed by atoms with E-state index in [-0.39, 0.29) is 17.8 Å². The van der Waals surface area contributed by atoms with E-state index < -0.39 is 6.04 Å². The van der Waals surface area contributed by atoms with Crippen molar-refractivity contribution in [2.75, 3.05) is 16.0 Å². The van der Waals surface area contributed by atoms with Gasteiger partial charge in [-0.3, -0.25) is 9.59 Å². The Hall–Kier alpha value is -3.35. The third-order valence-corrected chi connectivity index (χ3v) is 3.53. The Kier molecular flexibility index (Phi) is 6.73. The van der Waals surface area contributed by atoms with Gasteiger partial charge in [-0.05, 0) is 43.3 Å². The standard InChI is InChI=1S/C19H22N4O3/c1-3-17(24)20-13(2)18(25)21-15-9-11-16(12-10-15)23-19(26)22-14-7-5-4-6-8-14/h4-13H,3H2,1-2H3,(H,20,24)(H,21,25)(H2,22,23,26)/t13-/m1/s1. The van der Waals surface area contributed by atoms with Crippen LogP contribution in [-0.4, -0.2) is 23.9 Å². The lowest BCUT2D eigenvalue weighted by atomic mass is 10.2. The van der Waals surface area contributed by atoms with Crippen LogP contribution in [0.1, 0.15) is 20.3 Å². The van der Waals surface area contributed by atoms with Crippen LogP contribution in [0.4, 0.5) is 21.9 Å². The van der Waals surface area contributed by atoms with Gasteiger partial charge in [-0.1, -0.05) is 25.1 Å². The second-order valence-corrected chi connectivity index (χ2v) is 5.65. The van der Waals surface area contributed by atoms with Crippen LogP contribution >= 0.6 is 0 Å². The van der Waals surface area contributed by atoms with E-state index in [4.69, 9.17) is 0 Å². The molecule has 0 heterocycles. The molecule has 0 spiro atoms. The first-order chi connectivity index (χ1) is 12.5. The molecule has 0 bridgehead atoms. The molecular weight excluding hydrogens is 332 g/mol. The number of amides is 4. The van der Waals surface area contributed by atoms with E-state index in [1.54, 1.807) is 50.2 Å². The van der Waals surface area contributed by atoms with Crippen LogP contribution in [-0.2, 0) is 9.59 Å². The lowest BCUT2D eigenvalue weighted by Gasteiger charge is -2.14. The summed E-state index contributed by atoms with van der Waals surface area (Å²) in [6.45, 7) is 3.34. The van der Waals surface area contributed by atoms with Crippen molar-refractivity contribution in [3.05, 3.63) is 54.6 Å². The molecule has 0 saturated heterocycles. The highest BCUT2D eigenvalue weighted by Crippen LogP contribution is 2.14. The molecule has 0 radical (unpaired) electrons. The molecule has 0 saturated carbocycles. The second kappa shape index (κ2) is 9.22. The van der Waals surface area contributed by atoms with E-state index in [1.807, 2.05) is 18.2 Å². The molecule has 0 aliphatic rings. The summed E-state index contributed by atoms with van der Waals surface area (Å²) in [6, 6.07) is 14.8. The molecule has 136 valence electrons. The van der Waals surface area contributed by atoms with Gasteiger partial charge in [-0.25, -0.2) is 4.79 Å². The number of rotatable bonds is 6. The number of anilines is 3. The topological polar surface area (TPSA) is 99.3 Å². The second-order valence-electron chi connectivity index (χ2n) is 5.65. The number of nitrogens with one attached hydrogen (secondary N) is 4. The Morgan fingerprint density at radius 1 is 0.808 bits per heavy atom. The van der Waals surface area contributed by atoms with E-state index >= 15 is 0 Å². The molecule has 0 unspecified atom stereocenters. The van der Waals surface area contributed by atoms with Gasteiger partial charge in [0.05, 0.1) is 0 Å². The summed E-state index contributed by atoms with van der Waals surface area (Å²) in [7, 11) is 0. The van der Waals surface area contributed by atoms with Gasteiger partial charge in [0.25, 0.3) is 0 Å². The lowest BCUT2D eigenvalue weighted by molar-refractivity contribution is -0.125. The molecule has 7 nitrogen and oxygen atoms in total. The molecule has 7 heteroatoms. The predicted molar refractivity (Wildman–Crippen MR) is 102 cm³/mol. The van der Waals surface area contributed by atoms with Crippen LogP contribution in [0, 0.1) is 0 Å². The molecule has 2 aromatic rings. The summed E-state index contributed by atoms with van der Waals surface area (Å²) in [5.41, 5.74) is 1.85. The highest BCUT2D eigenvalue weighted by molar-refractivity contribution is 6.00. The van der Waals surface area contributed by atoms with Gasteiger partial charge in [0.1, 0.15) is 6.04 Å². The fraction of sp³-hybridized carbons (Fsp3) is 0.211. The first kappa shape index (κ1) is 19.0. The zero-order valence-electron chi connectivity index (χ0n) is 14.7. The summed E-state index contributed by atoms with van der Waals surface area (Å²) >= 11 is 0. The van der Waals surface area contributed by atoms with Gasteiger partial charge in [0, 0.05) is 23.5 Å². The Morgan fingerprint density at radius 2 is 1.31 bits per heavy atom.